The van der Waals surface area contributed by atoms with Crippen molar-refractivity contribution in [1.82, 2.24) is 19.5 Å². The molecule has 7 N–H and O–H groups in total. The third-order valence-corrected chi connectivity index (χ3v) is 10.1. The third kappa shape index (κ3) is 6.43. The van der Waals surface area contributed by atoms with Gasteiger partial charge in [0.05, 0.1) is 12.9 Å². The molecule has 33 heavy (non-hydrogen) atoms. The second-order valence-corrected chi connectivity index (χ2v) is 13.3. The summed E-state index contributed by atoms with van der Waals surface area (Å²) in [7, 11) is -9.69. The van der Waals surface area contributed by atoms with Crippen LogP contribution in [0, 0.1) is 0 Å². The summed E-state index contributed by atoms with van der Waals surface area (Å²) in [6.45, 7) is -0.780. The number of anilines is 1. The molecule has 1 saturated heterocycles. The van der Waals surface area contributed by atoms with E-state index in [-0.39, 0.29) is 17.0 Å². The van der Waals surface area contributed by atoms with E-state index >= 15 is 0 Å². The van der Waals surface area contributed by atoms with E-state index in [2.05, 4.69) is 19.3 Å². The average molecular weight is 545 g/mol. The Morgan fingerprint density at radius 3 is 2.52 bits per heavy atom. The summed E-state index contributed by atoms with van der Waals surface area (Å²) < 4.78 is 50.6. The molecule has 2 aromatic rings. The summed E-state index contributed by atoms with van der Waals surface area (Å²) in [5.41, 5.74) is 6.28. The number of imidazole rings is 1. The van der Waals surface area contributed by atoms with Gasteiger partial charge in [0.15, 0.2) is 28.8 Å². The number of rotatable bonds is 9. The Balaban J connectivity index is 1.73. The van der Waals surface area contributed by atoms with E-state index in [1.165, 1.54) is 22.7 Å². The lowest BCUT2D eigenvalue weighted by atomic mass is 10.1. The molecule has 6 atom stereocenters. The first kappa shape index (κ1) is 26.7. The van der Waals surface area contributed by atoms with Crippen LogP contribution in [0.1, 0.15) is 6.23 Å². The van der Waals surface area contributed by atoms with Crippen LogP contribution in [0.25, 0.3) is 11.2 Å². The maximum absolute atomic E-state index is 12.2. The molecule has 2 aromatic heterocycles. The molecule has 1 fully saturated rings. The highest BCUT2D eigenvalue weighted by Crippen LogP contribution is 2.64. The zero-order valence-electron chi connectivity index (χ0n) is 16.7. The first-order chi connectivity index (χ1) is 15.1. The van der Waals surface area contributed by atoms with Crippen LogP contribution in [0.3, 0.4) is 0 Å². The van der Waals surface area contributed by atoms with E-state index in [1.54, 1.807) is 6.26 Å². The maximum atomic E-state index is 12.2. The predicted molar refractivity (Wildman–Crippen MR) is 115 cm³/mol. The van der Waals surface area contributed by atoms with Crippen LogP contribution in [0.5, 0.6) is 0 Å². The molecular formula is C12H19BN5O11P3S. The second kappa shape index (κ2) is 9.65. The molecule has 0 saturated carbocycles. The van der Waals surface area contributed by atoms with Crippen LogP contribution < -0.4 is 5.73 Å². The zero-order valence-corrected chi connectivity index (χ0v) is 20.2. The van der Waals surface area contributed by atoms with Crippen molar-refractivity contribution in [3.05, 3.63) is 6.33 Å². The van der Waals surface area contributed by atoms with E-state index in [9.17, 15) is 28.8 Å². The fourth-order valence-corrected chi connectivity index (χ4v) is 7.80. The highest BCUT2D eigenvalue weighted by molar-refractivity contribution is 7.98. The topological polar surface area (TPSA) is 250 Å². The lowest BCUT2D eigenvalue weighted by Crippen LogP contribution is -2.33. The molecule has 0 aliphatic carbocycles. The van der Waals surface area contributed by atoms with Gasteiger partial charge in [0.25, 0.3) is 7.47 Å². The first-order valence-electron chi connectivity index (χ1n) is 8.79. The quantitative estimate of drug-likeness (QED) is 0.0994. The van der Waals surface area contributed by atoms with Gasteiger partial charge in [-0.1, -0.05) is 11.8 Å². The standard InChI is InChI=1S/C12H19BN5O11P3S/c1-33-12-16-9(14)6-10(17-12)18(3-15-6)11-8(20)7(19)5(28-11)2-27-32(13,26)29-31(24,25)4-30(21,22)23/h3,5,7-8,11,19-20H,2,4H2,1H3,(H,24,25)(H2,14,16,17)(H2,21,22,23)/t5-,7-,8-,11-,32+/m1/s1. The van der Waals surface area contributed by atoms with Crippen molar-refractivity contribution in [3.8, 4) is 0 Å². The molecule has 0 aromatic carbocycles. The Hall–Kier alpha value is -0.865. The summed E-state index contributed by atoms with van der Waals surface area (Å²) in [5, 5.41) is 21.1. The molecule has 3 heterocycles. The van der Waals surface area contributed by atoms with Crippen molar-refractivity contribution in [3.63, 3.8) is 0 Å². The molecule has 21 heteroatoms. The Kier molecular flexibility index (Phi) is 7.82. The Labute approximate surface area is 191 Å². The minimum atomic E-state index is -5.09. The van der Waals surface area contributed by atoms with E-state index in [0.717, 1.165) is 0 Å². The zero-order chi connectivity index (χ0) is 24.8. The van der Waals surface area contributed by atoms with Crippen LogP contribution in [-0.2, 0) is 27.3 Å². The molecule has 182 valence electrons. The predicted octanol–water partition coefficient (Wildman–Crippen LogP) is -0.620. The van der Waals surface area contributed by atoms with E-state index in [0.29, 0.717) is 5.16 Å². The third-order valence-electron chi connectivity index (χ3n) is 4.24. The van der Waals surface area contributed by atoms with Crippen LogP contribution in [0.4, 0.5) is 5.82 Å². The number of nitrogens with zero attached hydrogens (tertiary/aromatic N) is 4. The van der Waals surface area contributed by atoms with Crippen molar-refractivity contribution >= 4 is 59.0 Å². The van der Waals surface area contributed by atoms with Gasteiger partial charge in [0, 0.05) is 0 Å². The van der Waals surface area contributed by atoms with Crippen LogP contribution in [-0.4, -0.2) is 89.1 Å². The van der Waals surface area contributed by atoms with Crippen molar-refractivity contribution in [2.75, 3.05) is 24.5 Å². The van der Waals surface area contributed by atoms with Crippen LogP contribution in [0.15, 0.2) is 11.5 Å². The Morgan fingerprint density at radius 2 is 1.91 bits per heavy atom. The summed E-state index contributed by atoms with van der Waals surface area (Å²) in [5.74, 6) is -1.55. The first-order valence-corrected chi connectivity index (χ1v) is 15.2. The number of fused-ring (bicyclic) bond motifs is 1. The molecule has 2 radical (unpaired) electrons. The van der Waals surface area contributed by atoms with Gasteiger partial charge in [-0.2, -0.15) is 0 Å². The Morgan fingerprint density at radius 1 is 1.24 bits per heavy atom. The minimum absolute atomic E-state index is 0.0842. The summed E-state index contributed by atoms with van der Waals surface area (Å²) in [6, 6.07) is 0. The molecule has 1 unspecified atom stereocenters. The molecule has 1 aliphatic heterocycles. The molecule has 16 nitrogen and oxygen atoms in total. The second-order valence-electron chi connectivity index (χ2n) is 6.83. The van der Waals surface area contributed by atoms with Gasteiger partial charge >= 0.3 is 15.2 Å². The van der Waals surface area contributed by atoms with E-state index in [1.807, 2.05) is 0 Å². The van der Waals surface area contributed by atoms with Crippen LogP contribution >= 0.6 is 34.4 Å². The molecule has 0 amide bonds. The number of nitrogens with two attached hydrogens (primary N) is 1. The summed E-state index contributed by atoms with van der Waals surface area (Å²) in [4.78, 5) is 39.4. The normalized spacial score (nSPS) is 27.5. The largest absolute Gasteiger partial charge is 0.387 e. The fourth-order valence-electron chi connectivity index (χ4n) is 2.93. The average Bonchev–Trinajstić information content (AvgIpc) is 3.19. The number of aliphatic hydroxyl groups is 2. The highest BCUT2D eigenvalue weighted by Gasteiger charge is 2.46. The van der Waals surface area contributed by atoms with Crippen molar-refractivity contribution in [2.45, 2.75) is 29.7 Å². The van der Waals surface area contributed by atoms with Gasteiger partial charge in [-0.3, -0.25) is 18.3 Å². The summed E-state index contributed by atoms with van der Waals surface area (Å²) >= 11 is 1.21. The van der Waals surface area contributed by atoms with Gasteiger partial charge in [-0.05, 0) is 6.26 Å². The minimum Gasteiger partial charge on any atom is -0.387 e. The number of hydrogen-bond acceptors (Lipinski definition) is 13. The van der Waals surface area contributed by atoms with Gasteiger partial charge in [0.1, 0.15) is 23.8 Å². The van der Waals surface area contributed by atoms with Gasteiger partial charge in [-0.15, -0.1) is 0 Å². The number of nitrogen functional groups attached to an aromatic ring is 1. The fraction of sp³-hybridized carbons (Fsp3) is 0.583. The van der Waals surface area contributed by atoms with Crippen molar-refractivity contribution in [2.24, 2.45) is 0 Å². The molecule has 1 aliphatic rings. The maximum Gasteiger partial charge on any atom is 0.346 e. The highest BCUT2D eigenvalue weighted by atomic mass is 32.2. The van der Waals surface area contributed by atoms with Crippen LogP contribution in [0.2, 0.25) is 0 Å². The number of hydrogen-bond donors (Lipinski definition) is 6. The lowest BCUT2D eigenvalue weighted by molar-refractivity contribution is -0.0478. The molecule has 0 spiro atoms. The number of thioether (sulfide) groups is 1. The monoisotopic (exact) mass is 545 g/mol. The number of aliphatic hydroxyl groups excluding tert-OH is 2. The molecule has 3 rings (SSSR count). The lowest BCUT2D eigenvalue weighted by Gasteiger charge is -2.21. The molecule has 0 bridgehead atoms. The van der Waals surface area contributed by atoms with E-state index < -0.39 is 59.7 Å². The van der Waals surface area contributed by atoms with Gasteiger partial charge in [0.2, 0.25) is 7.57 Å². The van der Waals surface area contributed by atoms with E-state index in [4.69, 9.17) is 32.3 Å². The SMILES string of the molecule is [B][P@](=O)(OC[C@H]1O[C@@H](n2cnc3c(N)nc(SC)nc32)[C@H](O)[C@@H]1O)OP(=O)(O)CP(=O)(O)O. The smallest absolute Gasteiger partial charge is 0.346 e. The van der Waals surface area contributed by atoms with Gasteiger partial charge in [-0.25, -0.2) is 19.3 Å². The van der Waals surface area contributed by atoms with Gasteiger partial charge < -0.3 is 39.9 Å². The number of ether oxygens (including phenoxy) is 1. The molecular weight excluding hydrogens is 526 g/mol. The Bertz CT molecular complexity index is 1180. The summed E-state index contributed by atoms with van der Waals surface area (Å²) in [6.07, 6.45) is -2.74. The van der Waals surface area contributed by atoms with Crippen molar-refractivity contribution < 1.29 is 52.2 Å². The van der Waals surface area contributed by atoms with Crippen molar-refractivity contribution in [1.29, 1.82) is 0 Å². The number of aromatic nitrogens is 4.